The highest BCUT2D eigenvalue weighted by Gasteiger charge is 2.04. The van der Waals surface area contributed by atoms with Crippen molar-refractivity contribution in [3.8, 4) is 0 Å². The monoisotopic (exact) mass is 191 g/mol. The molecule has 0 amide bonds. The van der Waals surface area contributed by atoms with E-state index in [1.54, 1.807) is 6.07 Å². The van der Waals surface area contributed by atoms with Crippen LogP contribution in [-0.4, -0.2) is 13.6 Å². The minimum atomic E-state index is 0.690. The Labute approximate surface area is 85.0 Å². The average molecular weight is 191 g/mol. The van der Waals surface area contributed by atoms with Crippen molar-refractivity contribution in [3.05, 3.63) is 30.4 Å². The Balaban J connectivity index is 2.90. The molecule has 0 radical (unpaired) electrons. The Hall–Kier alpha value is -1.64. The lowest BCUT2D eigenvalue weighted by Crippen LogP contribution is -2.20. The second kappa shape index (κ2) is 4.05. The van der Waals surface area contributed by atoms with Crippen molar-refractivity contribution >= 4 is 17.1 Å². The van der Waals surface area contributed by atoms with E-state index >= 15 is 0 Å². The van der Waals surface area contributed by atoms with E-state index in [1.165, 1.54) is 0 Å². The fraction of sp³-hybridized carbons (Fsp3) is 0.273. The molecule has 0 fully saturated rings. The molecule has 76 valence electrons. The van der Waals surface area contributed by atoms with Gasteiger partial charge in [-0.25, -0.2) is 0 Å². The van der Waals surface area contributed by atoms with Gasteiger partial charge in [0.1, 0.15) is 0 Å². The minimum Gasteiger partial charge on any atom is -0.399 e. The van der Waals surface area contributed by atoms with Gasteiger partial charge >= 0.3 is 0 Å². The van der Waals surface area contributed by atoms with Crippen molar-refractivity contribution in [3.63, 3.8) is 0 Å². The Morgan fingerprint density at radius 2 is 2.07 bits per heavy atom. The van der Waals surface area contributed by atoms with Crippen LogP contribution >= 0.6 is 0 Å². The molecule has 0 aliphatic carbocycles. The minimum absolute atomic E-state index is 0.690. The SMILES string of the molecule is C=C(C)CN(C)c1ccc(N)cc1N. The fourth-order valence-electron chi connectivity index (χ4n) is 1.41. The quantitative estimate of drug-likeness (QED) is 0.566. The van der Waals surface area contributed by atoms with E-state index in [9.17, 15) is 0 Å². The first-order valence-corrected chi connectivity index (χ1v) is 4.51. The van der Waals surface area contributed by atoms with Gasteiger partial charge in [-0.3, -0.25) is 0 Å². The summed E-state index contributed by atoms with van der Waals surface area (Å²) < 4.78 is 0. The van der Waals surface area contributed by atoms with Gasteiger partial charge in [-0.2, -0.15) is 0 Å². The fourth-order valence-corrected chi connectivity index (χ4v) is 1.41. The van der Waals surface area contributed by atoms with E-state index in [1.807, 2.05) is 26.1 Å². The second-order valence-corrected chi connectivity index (χ2v) is 3.63. The van der Waals surface area contributed by atoms with Crippen molar-refractivity contribution in [1.82, 2.24) is 0 Å². The summed E-state index contributed by atoms with van der Waals surface area (Å²) in [5, 5.41) is 0. The zero-order chi connectivity index (χ0) is 10.7. The third kappa shape index (κ3) is 2.42. The van der Waals surface area contributed by atoms with Gasteiger partial charge in [-0.05, 0) is 25.1 Å². The molecule has 0 aliphatic rings. The molecule has 1 aromatic carbocycles. The number of likely N-dealkylation sites (N-methyl/N-ethyl adjacent to an activating group) is 1. The van der Waals surface area contributed by atoms with Crippen LogP contribution in [0.25, 0.3) is 0 Å². The summed E-state index contributed by atoms with van der Waals surface area (Å²) in [5.74, 6) is 0. The van der Waals surface area contributed by atoms with Crippen LogP contribution in [-0.2, 0) is 0 Å². The van der Waals surface area contributed by atoms with Crippen LogP contribution < -0.4 is 16.4 Å². The van der Waals surface area contributed by atoms with E-state index in [0.29, 0.717) is 11.4 Å². The second-order valence-electron chi connectivity index (χ2n) is 3.63. The van der Waals surface area contributed by atoms with Crippen molar-refractivity contribution in [2.24, 2.45) is 0 Å². The molecule has 0 saturated heterocycles. The van der Waals surface area contributed by atoms with Gasteiger partial charge in [-0.15, -0.1) is 0 Å². The molecule has 3 heteroatoms. The first-order valence-electron chi connectivity index (χ1n) is 4.51. The number of anilines is 3. The third-order valence-electron chi connectivity index (χ3n) is 1.97. The molecule has 4 N–H and O–H groups in total. The number of rotatable bonds is 3. The van der Waals surface area contributed by atoms with Crippen LogP contribution in [0.4, 0.5) is 17.1 Å². The predicted molar refractivity (Wildman–Crippen MR) is 63.4 cm³/mol. The Bertz CT molecular complexity index is 344. The van der Waals surface area contributed by atoms with E-state index in [0.717, 1.165) is 17.8 Å². The van der Waals surface area contributed by atoms with Crippen LogP contribution in [0.3, 0.4) is 0 Å². The van der Waals surface area contributed by atoms with Gasteiger partial charge in [0.2, 0.25) is 0 Å². The maximum absolute atomic E-state index is 5.85. The molecule has 0 aliphatic heterocycles. The van der Waals surface area contributed by atoms with Crippen LogP contribution in [0.1, 0.15) is 6.92 Å². The van der Waals surface area contributed by atoms with Gasteiger partial charge in [0.25, 0.3) is 0 Å². The van der Waals surface area contributed by atoms with Gasteiger partial charge in [-0.1, -0.05) is 12.2 Å². The standard InChI is InChI=1S/C11H17N3/c1-8(2)7-14(3)11-5-4-9(12)6-10(11)13/h4-6H,1,7,12-13H2,2-3H3. The molecule has 0 aromatic heterocycles. The Morgan fingerprint density at radius 3 is 2.57 bits per heavy atom. The molecule has 0 saturated carbocycles. The van der Waals surface area contributed by atoms with E-state index in [4.69, 9.17) is 11.5 Å². The van der Waals surface area contributed by atoms with Crippen molar-refractivity contribution in [2.45, 2.75) is 6.92 Å². The Morgan fingerprint density at radius 1 is 1.43 bits per heavy atom. The largest absolute Gasteiger partial charge is 0.399 e. The third-order valence-corrected chi connectivity index (χ3v) is 1.97. The molecule has 3 nitrogen and oxygen atoms in total. The van der Waals surface area contributed by atoms with Gasteiger partial charge in [0.15, 0.2) is 0 Å². The number of nitrogens with two attached hydrogens (primary N) is 2. The lowest BCUT2D eigenvalue weighted by Gasteiger charge is -2.21. The molecule has 0 atom stereocenters. The zero-order valence-electron chi connectivity index (χ0n) is 8.75. The van der Waals surface area contributed by atoms with E-state index in [2.05, 4.69) is 11.5 Å². The molecule has 1 rings (SSSR count). The van der Waals surface area contributed by atoms with Gasteiger partial charge in [0, 0.05) is 19.3 Å². The molecule has 1 aromatic rings. The van der Waals surface area contributed by atoms with Crippen LogP contribution in [0, 0.1) is 0 Å². The van der Waals surface area contributed by atoms with E-state index in [-0.39, 0.29) is 0 Å². The van der Waals surface area contributed by atoms with Crippen molar-refractivity contribution in [2.75, 3.05) is 30.0 Å². The zero-order valence-corrected chi connectivity index (χ0v) is 8.75. The van der Waals surface area contributed by atoms with Crippen LogP contribution in [0.2, 0.25) is 0 Å². The number of nitrogen functional groups attached to an aromatic ring is 2. The number of hydrogen-bond acceptors (Lipinski definition) is 3. The molecular formula is C11H17N3. The molecule has 14 heavy (non-hydrogen) atoms. The predicted octanol–water partition coefficient (Wildman–Crippen LogP) is 1.86. The van der Waals surface area contributed by atoms with Crippen molar-refractivity contribution < 1.29 is 0 Å². The Kier molecular flexibility index (Phi) is 3.02. The topological polar surface area (TPSA) is 55.3 Å². The molecule has 0 heterocycles. The van der Waals surface area contributed by atoms with Crippen LogP contribution in [0.5, 0.6) is 0 Å². The first kappa shape index (κ1) is 10.4. The summed E-state index contributed by atoms with van der Waals surface area (Å²) in [5.41, 5.74) is 14.9. The maximum atomic E-state index is 5.85. The highest BCUT2D eigenvalue weighted by atomic mass is 15.1. The summed E-state index contributed by atoms with van der Waals surface area (Å²) in [6.45, 7) is 6.65. The lowest BCUT2D eigenvalue weighted by molar-refractivity contribution is 0.988. The maximum Gasteiger partial charge on any atom is 0.0601 e. The summed E-state index contributed by atoms with van der Waals surface area (Å²) in [7, 11) is 1.98. The van der Waals surface area contributed by atoms with E-state index < -0.39 is 0 Å². The molecular weight excluding hydrogens is 174 g/mol. The van der Waals surface area contributed by atoms with Crippen LogP contribution in [0.15, 0.2) is 30.4 Å². The van der Waals surface area contributed by atoms with Crippen molar-refractivity contribution in [1.29, 1.82) is 0 Å². The summed E-state index contributed by atoms with van der Waals surface area (Å²) in [6.07, 6.45) is 0. The summed E-state index contributed by atoms with van der Waals surface area (Å²) in [6, 6.07) is 5.54. The summed E-state index contributed by atoms with van der Waals surface area (Å²) >= 11 is 0. The average Bonchev–Trinajstić information content (AvgIpc) is 2.01. The molecule has 0 bridgehead atoms. The number of benzene rings is 1. The number of hydrogen-bond donors (Lipinski definition) is 2. The van der Waals surface area contributed by atoms with Gasteiger partial charge in [0.05, 0.1) is 11.4 Å². The highest BCUT2D eigenvalue weighted by molar-refractivity contribution is 5.71. The highest BCUT2D eigenvalue weighted by Crippen LogP contribution is 2.24. The summed E-state index contributed by atoms with van der Waals surface area (Å²) in [4.78, 5) is 2.05. The smallest absolute Gasteiger partial charge is 0.0601 e. The lowest BCUT2D eigenvalue weighted by atomic mass is 10.2. The first-order chi connectivity index (χ1) is 6.50. The van der Waals surface area contributed by atoms with Gasteiger partial charge < -0.3 is 16.4 Å². The molecule has 0 unspecified atom stereocenters. The number of nitrogens with zero attached hydrogens (tertiary/aromatic N) is 1. The normalized spacial score (nSPS) is 9.86. The molecule has 0 spiro atoms.